The third-order valence-electron chi connectivity index (χ3n) is 2.23. The predicted octanol–water partition coefficient (Wildman–Crippen LogP) is 0.623. The summed E-state index contributed by atoms with van der Waals surface area (Å²) in [7, 11) is 0. The fourth-order valence-electron chi connectivity index (χ4n) is 1.57. The Kier molecular flexibility index (Phi) is 3.19. The van der Waals surface area contributed by atoms with Crippen LogP contribution < -0.4 is 0 Å². The third-order valence-corrected chi connectivity index (χ3v) is 2.23. The van der Waals surface area contributed by atoms with E-state index >= 15 is 0 Å². The van der Waals surface area contributed by atoms with Gasteiger partial charge in [0, 0.05) is 6.54 Å². The number of nitrogens with zero attached hydrogens (tertiary/aromatic N) is 1. The van der Waals surface area contributed by atoms with Crippen LogP contribution in [0.3, 0.4) is 0 Å². The van der Waals surface area contributed by atoms with Crippen LogP contribution >= 0.6 is 0 Å². The molecular weight excluding hydrogens is 180 g/mol. The Morgan fingerprint density at radius 3 is 2.69 bits per heavy atom. The normalized spacial score (nSPS) is 25.3. The second kappa shape index (κ2) is 4.00. The second-order valence-electron chi connectivity index (χ2n) is 3.25. The van der Waals surface area contributed by atoms with Crippen LogP contribution in [0.5, 0.6) is 0 Å². The zero-order chi connectivity index (χ0) is 10.0. The smallest absolute Gasteiger partial charge is 0.258 e. The summed E-state index contributed by atoms with van der Waals surface area (Å²) in [6.07, 6.45) is -2.77. The lowest BCUT2D eigenvalue weighted by molar-refractivity contribution is -0.142. The number of carbonyl (C=O) groups excluding carboxylic acids is 1. The Morgan fingerprint density at radius 1 is 1.62 bits per heavy atom. The molecule has 3 nitrogen and oxygen atoms in total. The lowest BCUT2D eigenvalue weighted by Crippen LogP contribution is -2.44. The molecule has 1 fully saturated rings. The molecule has 0 spiro atoms. The molecule has 0 aromatic rings. The highest BCUT2D eigenvalue weighted by Gasteiger charge is 2.36. The van der Waals surface area contributed by atoms with E-state index in [-0.39, 0.29) is 0 Å². The van der Waals surface area contributed by atoms with Crippen LogP contribution in [0.1, 0.15) is 19.8 Å². The maximum atomic E-state index is 12.3. The molecule has 13 heavy (non-hydrogen) atoms. The van der Waals surface area contributed by atoms with Crippen LogP contribution in [0.4, 0.5) is 8.78 Å². The van der Waals surface area contributed by atoms with Crippen LogP contribution in [-0.4, -0.2) is 41.0 Å². The summed E-state index contributed by atoms with van der Waals surface area (Å²) in [5.74, 6) is -0.595. The monoisotopic (exact) mass is 193 g/mol. The molecule has 1 unspecified atom stereocenters. The van der Waals surface area contributed by atoms with Gasteiger partial charge in [-0.1, -0.05) is 0 Å². The van der Waals surface area contributed by atoms with Gasteiger partial charge in [-0.2, -0.15) is 0 Å². The van der Waals surface area contributed by atoms with Crippen LogP contribution in [0, 0.1) is 0 Å². The summed E-state index contributed by atoms with van der Waals surface area (Å²) in [6, 6.07) is -0.998. The first-order chi connectivity index (χ1) is 6.04. The quantitative estimate of drug-likeness (QED) is 0.698. The fraction of sp³-hybridized carbons (Fsp3) is 0.875. The van der Waals surface area contributed by atoms with Gasteiger partial charge >= 0.3 is 0 Å². The van der Waals surface area contributed by atoms with Gasteiger partial charge in [-0.15, -0.1) is 0 Å². The highest BCUT2D eigenvalue weighted by atomic mass is 19.3. The van der Waals surface area contributed by atoms with Gasteiger partial charge in [0.2, 0.25) is 0 Å². The van der Waals surface area contributed by atoms with Gasteiger partial charge in [0.05, 0.1) is 6.04 Å². The van der Waals surface area contributed by atoms with Gasteiger partial charge < -0.3 is 10.0 Å². The number of aliphatic hydroxyl groups excluding tert-OH is 1. The van der Waals surface area contributed by atoms with Gasteiger partial charge in [0.25, 0.3) is 12.3 Å². The maximum absolute atomic E-state index is 12.3. The number of amides is 1. The van der Waals surface area contributed by atoms with Gasteiger partial charge in [0.1, 0.15) is 6.10 Å². The Hall–Kier alpha value is -0.710. The number of halogens is 2. The molecule has 1 aliphatic heterocycles. The van der Waals surface area contributed by atoms with Crippen molar-refractivity contribution in [3.8, 4) is 0 Å². The fourth-order valence-corrected chi connectivity index (χ4v) is 1.57. The van der Waals surface area contributed by atoms with Crippen molar-refractivity contribution < 1.29 is 18.7 Å². The second-order valence-corrected chi connectivity index (χ2v) is 3.25. The minimum atomic E-state index is -2.51. The summed E-state index contributed by atoms with van der Waals surface area (Å²) in [6.45, 7) is 1.63. The van der Waals surface area contributed by atoms with E-state index in [0.717, 1.165) is 4.90 Å². The van der Waals surface area contributed by atoms with Crippen molar-refractivity contribution in [2.24, 2.45) is 0 Å². The van der Waals surface area contributed by atoms with Crippen LogP contribution in [0.25, 0.3) is 0 Å². The molecule has 1 aliphatic rings. The van der Waals surface area contributed by atoms with Crippen molar-refractivity contribution in [3.63, 3.8) is 0 Å². The van der Waals surface area contributed by atoms with E-state index < -0.39 is 24.5 Å². The van der Waals surface area contributed by atoms with Crippen LogP contribution in [0.15, 0.2) is 0 Å². The van der Waals surface area contributed by atoms with Gasteiger partial charge in [-0.3, -0.25) is 4.79 Å². The van der Waals surface area contributed by atoms with Crippen molar-refractivity contribution in [3.05, 3.63) is 0 Å². The predicted molar refractivity (Wildman–Crippen MR) is 42.4 cm³/mol. The average molecular weight is 193 g/mol. The third kappa shape index (κ3) is 2.15. The zero-order valence-electron chi connectivity index (χ0n) is 7.41. The molecule has 0 radical (unpaired) electrons. The number of carbonyl (C=O) groups is 1. The van der Waals surface area contributed by atoms with E-state index in [9.17, 15) is 13.6 Å². The first-order valence-corrected chi connectivity index (χ1v) is 4.30. The van der Waals surface area contributed by atoms with E-state index in [2.05, 4.69) is 0 Å². The van der Waals surface area contributed by atoms with Crippen LogP contribution in [-0.2, 0) is 4.79 Å². The standard InChI is InChI=1S/C8H13F2NO2/c1-5(12)8(13)11-4-2-3-6(11)7(9)10/h5-7,12H,2-4H2,1H3/t5?,6-/m1/s1. The molecule has 5 heteroatoms. The molecule has 1 saturated heterocycles. The first-order valence-electron chi connectivity index (χ1n) is 4.30. The van der Waals surface area contributed by atoms with E-state index in [1.165, 1.54) is 6.92 Å². The Bertz CT molecular complexity index is 197. The number of aliphatic hydroxyl groups is 1. The molecule has 0 aromatic carbocycles. The lowest BCUT2D eigenvalue weighted by atomic mass is 10.2. The summed E-state index contributed by atoms with van der Waals surface area (Å²) in [5.41, 5.74) is 0. The minimum absolute atomic E-state index is 0.329. The molecule has 76 valence electrons. The summed E-state index contributed by atoms with van der Waals surface area (Å²) >= 11 is 0. The van der Waals surface area contributed by atoms with Crippen molar-refractivity contribution in [2.45, 2.75) is 38.3 Å². The summed E-state index contributed by atoms with van der Waals surface area (Å²) in [4.78, 5) is 12.3. The minimum Gasteiger partial charge on any atom is -0.384 e. The highest BCUT2D eigenvalue weighted by molar-refractivity contribution is 5.80. The van der Waals surface area contributed by atoms with Crippen molar-refractivity contribution in [1.29, 1.82) is 0 Å². The van der Waals surface area contributed by atoms with Gasteiger partial charge in [-0.25, -0.2) is 8.78 Å². The van der Waals surface area contributed by atoms with E-state index in [0.29, 0.717) is 19.4 Å². The molecule has 2 atom stereocenters. The molecule has 0 bridgehead atoms. The molecular formula is C8H13F2NO2. The van der Waals surface area contributed by atoms with Crippen molar-refractivity contribution >= 4 is 5.91 Å². The Morgan fingerprint density at radius 2 is 2.23 bits per heavy atom. The number of rotatable bonds is 2. The molecule has 0 aromatic heterocycles. The average Bonchev–Trinajstić information content (AvgIpc) is 2.50. The largest absolute Gasteiger partial charge is 0.384 e. The van der Waals surface area contributed by atoms with Crippen molar-refractivity contribution in [1.82, 2.24) is 4.90 Å². The summed E-state index contributed by atoms with van der Waals surface area (Å²) < 4.78 is 24.7. The molecule has 1 N–H and O–H groups in total. The van der Waals surface area contributed by atoms with E-state index in [1.54, 1.807) is 0 Å². The Balaban J connectivity index is 2.63. The number of alkyl halides is 2. The molecule has 0 saturated carbocycles. The lowest BCUT2D eigenvalue weighted by Gasteiger charge is -2.24. The first kappa shape index (κ1) is 10.4. The van der Waals surface area contributed by atoms with Gasteiger partial charge in [0.15, 0.2) is 0 Å². The van der Waals surface area contributed by atoms with E-state index in [4.69, 9.17) is 5.11 Å². The maximum Gasteiger partial charge on any atom is 0.258 e. The summed E-state index contributed by atoms with van der Waals surface area (Å²) in [5, 5.41) is 8.94. The van der Waals surface area contributed by atoms with Gasteiger partial charge in [-0.05, 0) is 19.8 Å². The Labute approximate surface area is 75.3 Å². The molecule has 1 rings (SSSR count). The number of likely N-dealkylation sites (tertiary alicyclic amines) is 1. The van der Waals surface area contributed by atoms with Crippen LogP contribution in [0.2, 0.25) is 0 Å². The van der Waals surface area contributed by atoms with Crippen molar-refractivity contribution in [2.75, 3.05) is 6.54 Å². The molecule has 1 heterocycles. The zero-order valence-corrected chi connectivity index (χ0v) is 7.41. The topological polar surface area (TPSA) is 40.5 Å². The number of hydrogen-bond acceptors (Lipinski definition) is 2. The van der Waals surface area contributed by atoms with E-state index in [1.807, 2.05) is 0 Å². The highest BCUT2D eigenvalue weighted by Crippen LogP contribution is 2.23. The molecule has 0 aliphatic carbocycles. The molecule has 1 amide bonds. The SMILES string of the molecule is CC(O)C(=O)N1CCC[C@@H]1C(F)F. The number of hydrogen-bond donors (Lipinski definition) is 1.